The number of hydrogen-bond donors (Lipinski definition) is 1. The summed E-state index contributed by atoms with van der Waals surface area (Å²) in [5, 5.41) is 3.44. The van der Waals surface area contributed by atoms with Gasteiger partial charge in [-0.25, -0.2) is 0 Å². The minimum atomic E-state index is 0.302. The summed E-state index contributed by atoms with van der Waals surface area (Å²) in [6, 6.07) is 12.1. The average molecular weight is 314 g/mol. The van der Waals surface area contributed by atoms with Crippen molar-refractivity contribution in [2.75, 3.05) is 13.2 Å². The molecule has 0 bridgehead atoms. The fraction of sp³-hybridized carbons (Fsp3) is 0.421. The monoisotopic (exact) mass is 314 g/mol. The van der Waals surface area contributed by atoms with Gasteiger partial charge in [0.15, 0.2) is 0 Å². The van der Waals surface area contributed by atoms with Gasteiger partial charge in [0.25, 0.3) is 0 Å². The molecule has 23 heavy (non-hydrogen) atoms. The summed E-state index contributed by atoms with van der Waals surface area (Å²) in [5.74, 6) is 0.919. The SMILES string of the molecule is CC(C)OCCCNCc1ccccc1OCc1cccnc1. The molecule has 0 amide bonds. The first-order valence-electron chi connectivity index (χ1n) is 8.17. The number of pyridine rings is 1. The lowest BCUT2D eigenvalue weighted by molar-refractivity contribution is 0.0770. The number of hydrogen-bond acceptors (Lipinski definition) is 4. The van der Waals surface area contributed by atoms with E-state index < -0.39 is 0 Å². The number of nitrogens with zero attached hydrogens (tertiary/aromatic N) is 1. The quantitative estimate of drug-likeness (QED) is 0.681. The van der Waals surface area contributed by atoms with Gasteiger partial charge in [-0.15, -0.1) is 0 Å². The van der Waals surface area contributed by atoms with E-state index in [9.17, 15) is 0 Å². The Morgan fingerprint density at radius 1 is 1.13 bits per heavy atom. The highest BCUT2D eigenvalue weighted by Gasteiger charge is 2.03. The van der Waals surface area contributed by atoms with Crippen molar-refractivity contribution in [2.24, 2.45) is 0 Å². The molecule has 0 radical (unpaired) electrons. The van der Waals surface area contributed by atoms with Crippen LogP contribution in [-0.2, 0) is 17.9 Å². The Morgan fingerprint density at radius 2 is 2.00 bits per heavy atom. The van der Waals surface area contributed by atoms with Crippen LogP contribution in [0.3, 0.4) is 0 Å². The van der Waals surface area contributed by atoms with Gasteiger partial charge < -0.3 is 14.8 Å². The highest BCUT2D eigenvalue weighted by Crippen LogP contribution is 2.19. The molecule has 1 heterocycles. The molecule has 4 heteroatoms. The van der Waals surface area contributed by atoms with Crippen LogP contribution in [0.5, 0.6) is 5.75 Å². The molecular formula is C19H26N2O2. The third kappa shape index (κ3) is 6.80. The van der Waals surface area contributed by atoms with Crippen LogP contribution in [0.25, 0.3) is 0 Å². The molecule has 0 aliphatic carbocycles. The van der Waals surface area contributed by atoms with Gasteiger partial charge in [-0.2, -0.15) is 0 Å². The summed E-state index contributed by atoms with van der Waals surface area (Å²) >= 11 is 0. The lowest BCUT2D eigenvalue weighted by Crippen LogP contribution is -2.17. The van der Waals surface area contributed by atoms with Gasteiger partial charge in [0, 0.05) is 36.7 Å². The summed E-state index contributed by atoms with van der Waals surface area (Å²) in [7, 11) is 0. The van der Waals surface area contributed by atoms with E-state index in [-0.39, 0.29) is 0 Å². The predicted octanol–water partition coefficient (Wildman–Crippen LogP) is 3.57. The van der Waals surface area contributed by atoms with Crippen molar-refractivity contribution in [1.29, 1.82) is 0 Å². The molecule has 1 N–H and O–H groups in total. The maximum Gasteiger partial charge on any atom is 0.124 e. The topological polar surface area (TPSA) is 43.4 Å². The van der Waals surface area contributed by atoms with Gasteiger partial charge in [-0.1, -0.05) is 24.3 Å². The Labute approximate surface area is 138 Å². The first-order valence-corrected chi connectivity index (χ1v) is 8.17. The molecule has 124 valence electrons. The normalized spacial score (nSPS) is 10.9. The number of ether oxygens (including phenoxy) is 2. The number of rotatable bonds is 10. The summed E-state index contributed by atoms with van der Waals surface area (Å²) < 4.78 is 11.5. The van der Waals surface area contributed by atoms with Gasteiger partial charge in [0.1, 0.15) is 12.4 Å². The molecule has 0 saturated carbocycles. The average Bonchev–Trinajstić information content (AvgIpc) is 2.57. The van der Waals surface area contributed by atoms with E-state index in [2.05, 4.69) is 30.2 Å². The van der Waals surface area contributed by atoms with E-state index in [1.807, 2.05) is 36.5 Å². The number of aromatic nitrogens is 1. The van der Waals surface area contributed by atoms with Crippen molar-refractivity contribution in [2.45, 2.75) is 39.5 Å². The van der Waals surface area contributed by atoms with E-state index in [4.69, 9.17) is 9.47 Å². The van der Waals surface area contributed by atoms with Gasteiger partial charge >= 0.3 is 0 Å². The maximum absolute atomic E-state index is 5.93. The minimum Gasteiger partial charge on any atom is -0.489 e. The minimum absolute atomic E-state index is 0.302. The van der Waals surface area contributed by atoms with Crippen LogP contribution >= 0.6 is 0 Å². The Bertz CT molecular complexity index is 558. The highest BCUT2D eigenvalue weighted by molar-refractivity contribution is 5.33. The van der Waals surface area contributed by atoms with Crippen LogP contribution in [0, 0.1) is 0 Å². The second-order valence-corrected chi connectivity index (χ2v) is 5.71. The smallest absolute Gasteiger partial charge is 0.124 e. The first-order chi connectivity index (χ1) is 11.3. The standard InChI is InChI=1S/C19H26N2O2/c1-16(2)22-12-6-11-21-14-18-8-3-4-9-19(18)23-15-17-7-5-10-20-13-17/h3-5,7-10,13,16,21H,6,11-12,14-15H2,1-2H3. The van der Waals surface area contributed by atoms with Gasteiger partial charge in [0.2, 0.25) is 0 Å². The van der Waals surface area contributed by atoms with Crippen molar-refractivity contribution >= 4 is 0 Å². The lowest BCUT2D eigenvalue weighted by atomic mass is 10.2. The largest absolute Gasteiger partial charge is 0.489 e. The number of benzene rings is 1. The van der Waals surface area contributed by atoms with Gasteiger partial charge in [-0.05, 0) is 38.9 Å². The zero-order valence-corrected chi connectivity index (χ0v) is 14.0. The number of nitrogens with one attached hydrogen (secondary N) is 1. The van der Waals surface area contributed by atoms with Crippen LogP contribution in [0.15, 0.2) is 48.8 Å². The second kappa shape index (κ2) is 9.98. The van der Waals surface area contributed by atoms with Crippen molar-refractivity contribution in [3.63, 3.8) is 0 Å². The molecular weight excluding hydrogens is 288 g/mol. The number of para-hydroxylation sites is 1. The summed E-state index contributed by atoms with van der Waals surface area (Å²) in [6.07, 6.45) is 4.91. The second-order valence-electron chi connectivity index (χ2n) is 5.71. The Morgan fingerprint density at radius 3 is 2.78 bits per heavy atom. The molecule has 0 aliphatic heterocycles. The predicted molar refractivity (Wildman–Crippen MR) is 92.4 cm³/mol. The van der Waals surface area contributed by atoms with E-state index in [0.717, 1.165) is 37.4 Å². The van der Waals surface area contributed by atoms with E-state index in [1.54, 1.807) is 6.20 Å². The Kier molecular flexibility index (Phi) is 7.57. The van der Waals surface area contributed by atoms with E-state index in [1.165, 1.54) is 5.56 Å². The zero-order chi connectivity index (χ0) is 16.3. The van der Waals surface area contributed by atoms with E-state index >= 15 is 0 Å². The molecule has 2 rings (SSSR count). The third-order valence-corrected chi connectivity index (χ3v) is 3.35. The maximum atomic E-state index is 5.93. The molecule has 0 fully saturated rings. The van der Waals surface area contributed by atoms with Crippen molar-refractivity contribution in [3.8, 4) is 5.75 Å². The lowest BCUT2D eigenvalue weighted by Gasteiger charge is -2.12. The summed E-state index contributed by atoms with van der Waals surface area (Å²) in [6.45, 7) is 7.18. The van der Waals surface area contributed by atoms with Crippen LogP contribution in [-0.4, -0.2) is 24.2 Å². The molecule has 0 spiro atoms. The summed E-state index contributed by atoms with van der Waals surface area (Å²) in [5.41, 5.74) is 2.24. The van der Waals surface area contributed by atoms with Crippen LogP contribution in [0.4, 0.5) is 0 Å². The van der Waals surface area contributed by atoms with Gasteiger partial charge in [-0.3, -0.25) is 4.98 Å². The fourth-order valence-electron chi connectivity index (χ4n) is 2.17. The highest BCUT2D eigenvalue weighted by atomic mass is 16.5. The van der Waals surface area contributed by atoms with Crippen LogP contribution in [0.1, 0.15) is 31.4 Å². The summed E-state index contributed by atoms with van der Waals surface area (Å²) in [4.78, 5) is 4.11. The molecule has 1 aromatic heterocycles. The van der Waals surface area contributed by atoms with Crippen LogP contribution in [0.2, 0.25) is 0 Å². The zero-order valence-electron chi connectivity index (χ0n) is 14.0. The Balaban J connectivity index is 1.76. The van der Waals surface area contributed by atoms with Crippen molar-refractivity contribution in [1.82, 2.24) is 10.3 Å². The molecule has 0 unspecified atom stereocenters. The molecule has 4 nitrogen and oxygen atoms in total. The molecule has 0 aliphatic rings. The van der Waals surface area contributed by atoms with Crippen molar-refractivity contribution < 1.29 is 9.47 Å². The van der Waals surface area contributed by atoms with Crippen molar-refractivity contribution in [3.05, 3.63) is 59.9 Å². The Hall–Kier alpha value is -1.91. The fourth-order valence-corrected chi connectivity index (χ4v) is 2.17. The molecule has 0 atom stereocenters. The van der Waals surface area contributed by atoms with E-state index in [0.29, 0.717) is 12.7 Å². The first kappa shape index (κ1) is 17.4. The molecule has 0 saturated heterocycles. The molecule has 1 aromatic carbocycles. The van der Waals surface area contributed by atoms with Gasteiger partial charge in [0.05, 0.1) is 6.10 Å². The van der Waals surface area contributed by atoms with Crippen LogP contribution < -0.4 is 10.1 Å². The molecule has 2 aromatic rings. The third-order valence-electron chi connectivity index (χ3n) is 3.35.